The number of alkyl carbamates (subject to hydrolysis) is 1. The average molecular weight is 1520 g/mol. The van der Waals surface area contributed by atoms with E-state index >= 15 is 14.4 Å². The molecule has 0 saturated carbocycles. The minimum absolute atomic E-state index is 0.0272. The lowest BCUT2D eigenvalue weighted by atomic mass is 9.95. The number of amides is 12. The van der Waals surface area contributed by atoms with Crippen molar-refractivity contribution in [3.8, 4) is 0 Å². The Balaban J connectivity index is 0.00000527. The number of esters is 1. The highest BCUT2D eigenvalue weighted by Crippen LogP contribution is 2.25. The zero-order chi connectivity index (χ0) is 81.5. The van der Waals surface area contributed by atoms with Crippen LogP contribution in [0.5, 0.6) is 0 Å². The van der Waals surface area contributed by atoms with E-state index in [2.05, 4.69) is 52.8 Å². The van der Waals surface area contributed by atoms with Crippen molar-refractivity contribution in [2.24, 2.45) is 45.9 Å². The van der Waals surface area contributed by atoms with Crippen LogP contribution in [0.3, 0.4) is 0 Å². The number of nitrogens with one attached hydrogen (secondary N) is 11. The first-order valence-corrected chi connectivity index (χ1v) is 34.3. The zero-order valence-corrected chi connectivity index (χ0v) is 61.6. The number of aliphatic hydroxyl groups excluding tert-OH is 4. The summed E-state index contributed by atoms with van der Waals surface area (Å²) in [5.41, 5.74) is 15.9. The zero-order valence-electron chi connectivity index (χ0n) is 61.6. The number of nitrogens with zero attached hydrogens (tertiary/aromatic N) is 1. The van der Waals surface area contributed by atoms with Crippen molar-refractivity contribution in [1.82, 2.24) is 58.5 Å². The third-order valence-electron chi connectivity index (χ3n) is 15.9. The highest BCUT2D eigenvalue weighted by molar-refractivity contribution is 6.00. The van der Waals surface area contributed by atoms with Gasteiger partial charge in [0.25, 0.3) is 0 Å². The maximum atomic E-state index is 15.6. The number of ether oxygens (including phenoxy) is 2. The van der Waals surface area contributed by atoms with Crippen LogP contribution in [0.25, 0.3) is 0 Å². The second-order valence-corrected chi connectivity index (χ2v) is 27.5. The Bertz CT molecular complexity index is 3380. The summed E-state index contributed by atoms with van der Waals surface area (Å²) in [5.74, 6) is -20.6. The molecule has 107 heavy (non-hydrogen) atoms. The number of aliphatic carboxylic acids is 1. The maximum Gasteiger partial charge on any atom is 0.490 e. The minimum atomic E-state index is -5.08. The van der Waals surface area contributed by atoms with Crippen LogP contribution in [0.4, 0.5) is 18.0 Å². The van der Waals surface area contributed by atoms with Gasteiger partial charge in [0, 0.05) is 13.0 Å². The Morgan fingerprint density at radius 2 is 1.17 bits per heavy atom. The molecule has 1 heterocycles. The molecule has 2 aromatic carbocycles. The molecule has 598 valence electrons. The third-order valence-corrected chi connectivity index (χ3v) is 15.9. The average Bonchev–Trinajstić information content (AvgIpc) is 0.812. The lowest BCUT2D eigenvalue weighted by molar-refractivity contribution is -0.192. The monoisotopic (exact) mass is 1520 g/mol. The van der Waals surface area contributed by atoms with Gasteiger partial charge in [0.05, 0.1) is 25.4 Å². The topological polar surface area (TPSA) is 581 Å². The molecule has 1 unspecified atom stereocenters. The molecule has 22 N–H and O–H groups in total. The quantitative estimate of drug-likeness (QED) is 0.0215. The lowest BCUT2D eigenvalue weighted by Crippen LogP contribution is -2.64. The normalized spacial score (nSPS) is 22.6. The first kappa shape index (κ1) is 92.8. The van der Waals surface area contributed by atoms with Crippen LogP contribution < -0.4 is 75.7 Å². The van der Waals surface area contributed by atoms with E-state index in [-0.39, 0.29) is 56.6 Å². The summed E-state index contributed by atoms with van der Waals surface area (Å²) in [4.78, 5) is 199. The number of hydrogen-bond acceptors (Lipinski definition) is 21. The molecular formula is C68H104F3N15O21. The molecule has 1 saturated heterocycles. The Kier molecular flexibility index (Phi) is 38.2. The summed E-state index contributed by atoms with van der Waals surface area (Å²) >= 11 is 0. The number of halogens is 3. The van der Waals surface area contributed by atoms with Crippen molar-refractivity contribution in [2.45, 2.75) is 218 Å². The molecule has 12 amide bonds. The Morgan fingerprint density at radius 1 is 0.645 bits per heavy atom. The van der Waals surface area contributed by atoms with Crippen molar-refractivity contribution in [2.75, 3.05) is 19.7 Å². The number of benzene rings is 2. The Hall–Kier alpha value is -10.3. The van der Waals surface area contributed by atoms with Crippen molar-refractivity contribution >= 4 is 89.0 Å². The van der Waals surface area contributed by atoms with E-state index in [1.54, 1.807) is 92.6 Å². The molecule has 0 aromatic heterocycles. The number of carboxylic acid groups (broad SMARTS) is 1. The number of aliphatic hydroxyl groups is 4. The van der Waals surface area contributed by atoms with E-state index < -0.39 is 216 Å². The molecule has 1 fully saturated rings. The van der Waals surface area contributed by atoms with Crippen LogP contribution in [0, 0.1) is 23.7 Å². The molecule has 3 rings (SSSR count). The van der Waals surface area contributed by atoms with Gasteiger partial charge in [-0.25, -0.2) is 14.4 Å². The van der Waals surface area contributed by atoms with Crippen molar-refractivity contribution in [3.05, 3.63) is 71.8 Å². The summed E-state index contributed by atoms with van der Waals surface area (Å²) in [7, 11) is 0. The van der Waals surface area contributed by atoms with E-state index in [0.717, 1.165) is 6.92 Å². The second-order valence-electron chi connectivity index (χ2n) is 27.5. The number of carboxylic acids is 1. The summed E-state index contributed by atoms with van der Waals surface area (Å²) in [6, 6.07) is -3.17. The van der Waals surface area contributed by atoms with Crippen molar-refractivity contribution in [3.63, 3.8) is 0 Å². The predicted molar refractivity (Wildman–Crippen MR) is 376 cm³/mol. The smallest absolute Gasteiger partial charge is 0.475 e. The molecule has 15 atom stereocenters. The lowest BCUT2D eigenvalue weighted by Gasteiger charge is -2.34. The van der Waals surface area contributed by atoms with Crippen molar-refractivity contribution in [1.29, 1.82) is 0 Å². The molecular weight excluding hydrogens is 1420 g/mol. The van der Waals surface area contributed by atoms with Gasteiger partial charge in [-0.2, -0.15) is 13.2 Å². The van der Waals surface area contributed by atoms with Gasteiger partial charge < -0.3 is 111 Å². The first-order chi connectivity index (χ1) is 49.7. The molecule has 1 aliphatic heterocycles. The molecule has 39 heteroatoms. The third kappa shape index (κ3) is 32.5. The summed E-state index contributed by atoms with van der Waals surface area (Å²) in [5, 5.41) is 78.2. The van der Waals surface area contributed by atoms with Gasteiger partial charge in [0.1, 0.15) is 60.0 Å². The minimum Gasteiger partial charge on any atom is -0.475 e. The molecule has 0 radical (unpaired) electrons. The maximum absolute atomic E-state index is 15.6. The standard InChI is InChI=1S/C66H103N15O19.C2HF3O2/c1-13-35(8)45-59(93)79-46(36(9)83)58(92)71-30-44(84)77-48(51(86)53(67)87)61(95)75-43(31-82)63(97)99-52(38-23-18-15-19-24-38)49(81-57(91)41(28-33(4)5)73-56(90)42(29-37-21-16-14-17-22-37)76-65(98)100-66(10,11)12)62(96)80-47(50(85)34(6)7)60(94)74-40(27-32(2)3)55(89)72-39(54(88)78-45)25-20-26-70-64(68)69;3-2(4,5)1(6)7/h14-19,21-24,32-36,39-43,45-52,82-83,85-86H,13,20,25-31H2,1-12H3,(H2,67,87)(H,71,92)(H,72,89)(H,73,90)(H,74,94)(H,75,95)(H,76,98)(H,77,84)(H,78,88)(H,79,93)(H,80,96)(H,81,91)(H4,68,69,70);(H,6,7)/t35-,36-,39+,40-,41-,42+,43-,45?,46-,47-,48-,49-,50+,51-,52+;/m0./s1. The fourth-order valence-electron chi connectivity index (χ4n) is 10.1. The van der Waals surface area contributed by atoms with Gasteiger partial charge in [-0.15, -0.1) is 0 Å². The van der Waals surface area contributed by atoms with Gasteiger partial charge in [-0.1, -0.05) is 122 Å². The van der Waals surface area contributed by atoms with E-state index in [9.17, 15) is 81.5 Å². The van der Waals surface area contributed by atoms with Crippen LogP contribution in [0.15, 0.2) is 65.7 Å². The number of aliphatic imine (C=N–C) groups is 1. The van der Waals surface area contributed by atoms with E-state index in [0.29, 0.717) is 5.56 Å². The van der Waals surface area contributed by atoms with Gasteiger partial charge in [-0.05, 0) is 88.2 Å². The highest BCUT2D eigenvalue weighted by Gasteiger charge is 2.44. The first-order valence-electron chi connectivity index (χ1n) is 34.3. The summed E-state index contributed by atoms with van der Waals surface area (Å²) in [6.45, 7) is 16.3. The molecule has 1 aliphatic rings. The largest absolute Gasteiger partial charge is 0.490 e. The molecule has 0 spiro atoms. The van der Waals surface area contributed by atoms with Crippen LogP contribution >= 0.6 is 0 Å². The SMILES string of the molecule is CC[C@H](C)C1NC(=O)[C@@H](CCCN=C(N)N)NC(=O)[C@H](CC(C)C)NC(=O)[C@H]([C@H](O)C(C)C)NC(=O)[C@@H](NC(=O)[C@H](CC(C)C)NC(=O)[C@@H](Cc2ccccc2)NC(=O)OC(C)(C)C)[C@@H](c2ccccc2)OC(=O)[C@H](CO)NC(=O)[C@H]([C@H](O)C(N)=O)NC(=O)CNC(=O)[C@H]([C@H](C)O)NC1=O.O=C(O)C(F)(F)F. The van der Waals surface area contributed by atoms with E-state index in [4.69, 9.17) is 36.6 Å². The van der Waals surface area contributed by atoms with Crippen molar-refractivity contribution < 1.29 is 115 Å². The fraction of sp³-hybridized carbons (Fsp3) is 0.603. The van der Waals surface area contributed by atoms with Crippen LogP contribution in [-0.4, -0.2) is 225 Å². The van der Waals surface area contributed by atoms with E-state index in [1.165, 1.54) is 44.2 Å². The highest BCUT2D eigenvalue weighted by atomic mass is 19.4. The van der Waals surface area contributed by atoms with Gasteiger partial charge in [-0.3, -0.25) is 57.7 Å². The molecule has 2 aromatic rings. The predicted octanol–water partition coefficient (Wildman–Crippen LogP) is -3.04. The van der Waals surface area contributed by atoms with Gasteiger partial charge >= 0.3 is 24.2 Å². The Morgan fingerprint density at radius 3 is 1.67 bits per heavy atom. The number of nitrogens with two attached hydrogens (primary N) is 3. The van der Waals surface area contributed by atoms with Crippen LogP contribution in [0.2, 0.25) is 0 Å². The molecule has 0 bridgehead atoms. The number of carbonyl (C=O) groups is 14. The summed E-state index contributed by atoms with van der Waals surface area (Å²) in [6.07, 6.45) is -14.8. The van der Waals surface area contributed by atoms with E-state index in [1.807, 2.05) is 10.6 Å². The molecule has 0 aliphatic carbocycles. The van der Waals surface area contributed by atoms with Crippen LogP contribution in [-0.2, 0) is 78.2 Å². The fourth-order valence-corrected chi connectivity index (χ4v) is 10.1. The number of primary amides is 1. The number of rotatable bonds is 24. The number of cyclic esters (lactones) is 1. The second kappa shape index (κ2) is 44.0. The number of carbonyl (C=O) groups excluding carboxylic acids is 13. The number of alkyl halides is 3. The number of guanidine groups is 1. The molecule has 36 nitrogen and oxygen atoms in total. The van der Waals surface area contributed by atoms with Gasteiger partial charge in [0.2, 0.25) is 65.0 Å². The number of hydrogen-bond donors (Lipinski definition) is 19. The van der Waals surface area contributed by atoms with Crippen LogP contribution in [0.1, 0.15) is 132 Å². The Labute approximate surface area is 616 Å². The summed E-state index contributed by atoms with van der Waals surface area (Å²) < 4.78 is 43.2. The van der Waals surface area contributed by atoms with Gasteiger partial charge in [0.15, 0.2) is 24.2 Å².